The van der Waals surface area contributed by atoms with Crippen molar-refractivity contribution in [1.29, 1.82) is 0 Å². The maximum Gasteiger partial charge on any atom is 0.164 e. The average Bonchev–Trinajstić information content (AvgIpc) is 3.88. The molecule has 0 spiro atoms. The number of nitrogens with zero attached hydrogens (tertiary/aromatic N) is 3. The Hall–Kier alpha value is -7.89. The first kappa shape index (κ1) is 32.4. The molecule has 0 unspecified atom stereocenters. The van der Waals surface area contributed by atoms with E-state index in [1.807, 2.05) is 48.5 Å². The van der Waals surface area contributed by atoms with Crippen molar-refractivity contribution in [2.24, 2.45) is 0 Å². The van der Waals surface area contributed by atoms with Gasteiger partial charge < -0.3 is 8.83 Å². The van der Waals surface area contributed by atoms with Gasteiger partial charge in [-0.05, 0) is 74.8 Å². The monoisotopic (exact) mass is 741 g/mol. The summed E-state index contributed by atoms with van der Waals surface area (Å²) in [5, 5.41) is 8.54. The third kappa shape index (κ3) is 5.14. The van der Waals surface area contributed by atoms with Crippen LogP contribution in [0.15, 0.2) is 197 Å². The molecule has 0 bridgehead atoms. The van der Waals surface area contributed by atoms with Gasteiger partial charge in [0.1, 0.15) is 22.3 Å². The van der Waals surface area contributed by atoms with Gasteiger partial charge >= 0.3 is 0 Å². The van der Waals surface area contributed by atoms with Crippen LogP contribution in [-0.4, -0.2) is 15.0 Å². The Kier molecular flexibility index (Phi) is 7.16. The van der Waals surface area contributed by atoms with Crippen LogP contribution in [0.2, 0.25) is 0 Å². The first-order chi connectivity index (χ1) is 28.7. The molecule has 5 nitrogen and oxygen atoms in total. The summed E-state index contributed by atoms with van der Waals surface area (Å²) in [6.07, 6.45) is 0. The maximum absolute atomic E-state index is 6.80. The summed E-state index contributed by atoms with van der Waals surface area (Å²) in [5.74, 6) is 1.70. The Morgan fingerprint density at radius 3 is 1.69 bits per heavy atom. The van der Waals surface area contributed by atoms with Crippen LogP contribution in [0.1, 0.15) is 0 Å². The minimum absolute atomic E-state index is 0.559. The van der Waals surface area contributed by atoms with Crippen LogP contribution in [0.3, 0.4) is 0 Å². The summed E-state index contributed by atoms with van der Waals surface area (Å²) >= 11 is 0. The van der Waals surface area contributed by atoms with Gasteiger partial charge in [0.15, 0.2) is 17.5 Å². The van der Waals surface area contributed by atoms with Crippen LogP contribution in [-0.2, 0) is 0 Å². The van der Waals surface area contributed by atoms with Gasteiger partial charge in [-0.3, -0.25) is 0 Å². The highest BCUT2D eigenvalue weighted by Gasteiger charge is 2.22. The second kappa shape index (κ2) is 12.8. The molecule has 0 aliphatic rings. The third-order valence-electron chi connectivity index (χ3n) is 11.3. The molecule has 12 aromatic rings. The van der Waals surface area contributed by atoms with Crippen molar-refractivity contribution in [2.75, 3.05) is 0 Å². The van der Waals surface area contributed by atoms with Crippen LogP contribution in [0, 0.1) is 0 Å². The molecule has 0 amide bonds. The number of benzene rings is 9. The zero-order valence-corrected chi connectivity index (χ0v) is 31.1. The van der Waals surface area contributed by atoms with Gasteiger partial charge in [0.2, 0.25) is 0 Å². The van der Waals surface area contributed by atoms with E-state index in [2.05, 4.69) is 140 Å². The van der Waals surface area contributed by atoms with Crippen LogP contribution >= 0.6 is 0 Å². The molecule has 58 heavy (non-hydrogen) atoms. The third-order valence-corrected chi connectivity index (χ3v) is 11.3. The van der Waals surface area contributed by atoms with Crippen molar-refractivity contribution >= 4 is 65.4 Å². The van der Waals surface area contributed by atoms with Crippen molar-refractivity contribution in [3.05, 3.63) is 188 Å². The first-order valence-electron chi connectivity index (χ1n) is 19.4. The standard InChI is InChI=1S/C53H31N3O2/c1-2-13-32(14-3-1)35-17-10-18-37(30-35)51-54-52(41-22-11-25-46-48(41)40-21-8-9-24-45(40)57-46)56-53(55-51)42-23-12-26-47-49(42)44-31-43(38-19-6-7-20-39(38)50(44)58-47)36-28-27-33-15-4-5-16-34(33)29-36/h1-31H. The predicted molar refractivity (Wildman–Crippen MR) is 237 cm³/mol. The SMILES string of the molecule is c1ccc(-c2cccc(-c3nc(-c4cccc5oc6ccccc6c45)nc(-c4cccc5oc6c7ccccc7c(-c7ccc8ccccc8c7)cc6c45)n3)c2)cc1. The van der Waals surface area contributed by atoms with Crippen LogP contribution in [0.5, 0.6) is 0 Å². The highest BCUT2D eigenvalue weighted by atomic mass is 16.3. The lowest BCUT2D eigenvalue weighted by Crippen LogP contribution is -2.01. The molecule has 3 heterocycles. The first-order valence-corrected chi connectivity index (χ1v) is 19.4. The number of aromatic nitrogens is 3. The number of rotatable bonds is 5. The van der Waals surface area contributed by atoms with Crippen molar-refractivity contribution in [3.63, 3.8) is 0 Å². The van der Waals surface area contributed by atoms with Gasteiger partial charge in [-0.15, -0.1) is 0 Å². The second-order valence-electron chi connectivity index (χ2n) is 14.7. The zero-order chi connectivity index (χ0) is 38.2. The van der Waals surface area contributed by atoms with Gasteiger partial charge in [0.25, 0.3) is 0 Å². The summed E-state index contributed by atoms with van der Waals surface area (Å²) < 4.78 is 13.1. The molecule has 0 N–H and O–H groups in total. The minimum atomic E-state index is 0.559. The molecule has 0 saturated heterocycles. The Balaban J connectivity index is 1.14. The van der Waals surface area contributed by atoms with E-state index in [-0.39, 0.29) is 0 Å². The number of hydrogen-bond donors (Lipinski definition) is 0. The Labute approximate surface area is 332 Å². The van der Waals surface area contributed by atoms with Crippen molar-refractivity contribution in [1.82, 2.24) is 15.0 Å². The molecule has 9 aromatic carbocycles. The molecule has 0 radical (unpaired) electrons. The molecule has 270 valence electrons. The quantitative estimate of drug-likeness (QED) is 0.176. The molecule has 0 aliphatic carbocycles. The summed E-state index contributed by atoms with van der Waals surface area (Å²) in [5.41, 5.74) is 10.3. The van der Waals surface area contributed by atoms with Gasteiger partial charge in [0.05, 0.1) is 0 Å². The molecule has 0 fully saturated rings. The molecule has 0 atom stereocenters. The number of fused-ring (bicyclic) bond motifs is 9. The van der Waals surface area contributed by atoms with Gasteiger partial charge in [-0.2, -0.15) is 0 Å². The van der Waals surface area contributed by atoms with E-state index in [9.17, 15) is 0 Å². The summed E-state index contributed by atoms with van der Waals surface area (Å²) in [7, 11) is 0. The summed E-state index contributed by atoms with van der Waals surface area (Å²) in [4.78, 5) is 15.8. The zero-order valence-electron chi connectivity index (χ0n) is 31.1. The fourth-order valence-corrected chi connectivity index (χ4v) is 8.61. The predicted octanol–water partition coefficient (Wildman–Crippen LogP) is 14.3. The Morgan fingerprint density at radius 2 is 0.879 bits per heavy atom. The van der Waals surface area contributed by atoms with E-state index in [1.54, 1.807) is 0 Å². The number of furan rings is 2. The summed E-state index contributed by atoms with van der Waals surface area (Å²) in [6, 6.07) is 65.1. The molecule has 0 aliphatic heterocycles. The molecule has 3 aromatic heterocycles. The van der Waals surface area contributed by atoms with E-state index in [4.69, 9.17) is 23.8 Å². The summed E-state index contributed by atoms with van der Waals surface area (Å²) in [6.45, 7) is 0. The topological polar surface area (TPSA) is 65.0 Å². The van der Waals surface area contributed by atoms with E-state index in [1.165, 1.54) is 10.8 Å². The van der Waals surface area contributed by atoms with E-state index in [0.29, 0.717) is 17.5 Å². The molecule has 0 saturated carbocycles. The molecule has 5 heteroatoms. The highest BCUT2D eigenvalue weighted by molar-refractivity contribution is 6.22. The van der Waals surface area contributed by atoms with Crippen molar-refractivity contribution in [2.45, 2.75) is 0 Å². The van der Waals surface area contributed by atoms with Gasteiger partial charge in [-0.1, -0.05) is 152 Å². The van der Waals surface area contributed by atoms with Gasteiger partial charge in [0, 0.05) is 43.6 Å². The lowest BCUT2D eigenvalue weighted by Gasteiger charge is -2.11. The lowest BCUT2D eigenvalue weighted by molar-refractivity contribution is 0.669. The Bertz CT molecular complexity index is 3580. The largest absolute Gasteiger partial charge is 0.456 e. The fraction of sp³-hybridized carbons (Fsp3) is 0. The molecular weight excluding hydrogens is 711 g/mol. The lowest BCUT2D eigenvalue weighted by atomic mass is 9.93. The van der Waals surface area contributed by atoms with Crippen LogP contribution in [0.4, 0.5) is 0 Å². The minimum Gasteiger partial charge on any atom is -0.456 e. The normalized spacial score (nSPS) is 11.8. The fourth-order valence-electron chi connectivity index (χ4n) is 8.61. The average molecular weight is 742 g/mol. The van der Waals surface area contributed by atoms with Crippen LogP contribution in [0.25, 0.3) is 122 Å². The highest BCUT2D eigenvalue weighted by Crippen LogP contribution is 2.44. The molecule has 12 rings (SSSR count). The molecular formula is C53H31N3O2. The maximum atomic E-state index is 6.80. The number of hydrogen-bond acceptors (Lipinski definition) is 5. The van der Waals surface area contributed by atoms with Gasteiger partial charge in [-0.25, -0.2) is 15.0 Å². The van der Waals surface area contributed by atoms with Crippen LogP contribution < -0.4 is 0 Å². The Morgan fingerprint density at radius 1 is 0.293 bits per heavy atom. The smallest absolute Gasteiger partial charge is 0.164 e. The van der Waals surface area contributed by atoms with Crippen molar-refractivity contribution < 1.29 is 8.83 Å². The number of para-hydroxylation sites is 1. The van der Waals surface area contributed by atoms with E-state index >= 15 is 0 Å². The van der Waals surface area contributed by atoms with E-state index < -0.39 is 0 Å². The van der Waals surface area contributed by atoms with E-state index in [0.717, 1.165) is 93.6 Å². The van der Waals surface area contributed by atoms with Crippen molar-refractivity contribution in [3.8, 4) is 56.4 Å². The second-order valence-corrected chi connectivity index (χ2v) is 14.7.